The summed E-state index contributed by atoms with van der Waals surface area (Å²) in [6.45, 7) is 7.32. The maximum absolute atomic E-state index is 12.2. The molecule has 0 bridgehead atoms. The number of carbonyl (C=O) groups excluding carboxylic acids is 1. The number of hydrogen-bond donors (Lipinski definition) is 0. The fourth-order valence-electron chi connectivity index (χ4n) is 2.10. The van der Waals surface area contributed by atoms with Crippen molar-refractivity contribution in [2.45, 2.75) is 33.7 Å². The zero-order valence-corrected chi connectivity index (χ0v) is 12.3. The first-order valence-electron chi connectivity index (χ1n) is 5.80. The van der Waals surface area contributed by atoms with E-state index in [1.165, 1.54) is 0 Å². The molecule has 1 aliphatic rings. The number of hydrogen-bond acceptors (Lipinski definition) is 2. The van der Waals surface area contributed by atoms with Gasteiger partial charge in [0, 0.05) is 25.4 Å². The van der Waals surface area contributed by atoms with Crippen molar-refractivity contribution in [2.75, 3.05) is 6.54 Å². The molecule has 5 heteroatoms. The van der Waals surface area contributed by atoms with Crippen molar-refractivity contribution in [3.05, 3.63) is 16.1 Å². The molecule has 0 radical (unpaired) electrons. The Hall–Kier alpha value is -0.840. The van der Waals surface area contributed by atoms with Crippen LogP contribution < -0.4 is 0 Å². The molecule has 0 atom stereocenters. The molecular formula is C12H18BrN3O. The smallest absolute Gasteiger partial charge is 0.228 e. The number of fused-ring (bicyclic) bond motifs is 1. The van der Waals surface area contributed by atoms with Crippen LogP contribution in [0.1, 0.15) is 32.2 Å². The van der Waals surface area contributed by atoms with Crippen LogP contribution in [-0.4, -0.2) is 26.9 Å². The maximum Gasteiger partial charge on any atom is 0.228 e. The zero-order chi connectivity index (χ0) is 12.8. The molecular weight excluding hydrogens is 282 g/mol. The zero-order valence-electron chi connectivity index (χ0n) is 10.7. The minimum absolute atomic E-state index is 0.209. The first-order valence-corrected chi connectivity index (χ1v) is 6.59. The second kappa shape index (κ2) is 4.12. The van der Waals surface area contributed by atoms with Crippen LogP contribution in [0.25, 0.3) is 0 Å². The van der Waals surface area contributed by atoms with Crippen LogP contribution in [-0.2, 0) is 24.8 Å². The van der Waals surface area contributed by atoms with Crippen molar-refractivity contribution in [3.8, 4) is 0 Å². The van der Waals surface area contributed by atoms with E-state index in [2.05, 4.69) is 20.9 Å². The van der Waals surface area contributed by atoms with E-state index >= 15 is 0 Å². The highest BCUT2D eigenvalue weighted by Crippen LogP contribution is 2.25. The predicted molar refractivity (Wildman–Crippen MR) is 69.5 cm³/mol. The lowest BCUT2D eigenvalue weighted by Gasteiger charge is -2.32. The molecule has 4 nitrogen and oxygen atoms in total. The molecule has 0 aliphatic carbocycles. The molecule has 0 saturated carbocycles. The third-order valence-corrected chi connectivity index (χ3v) is 3.84. The van der Waals surface area contributed by atoms with Crippen molar-refractivity contribution in [3.63, 3.8) is 0 Å². The monoisotopic (exact) mass is 299 g/mol. The Labute approximate surface area is 110 Å². The van der Waals surface area contributed by atoms with Gasteiger partial charge in [-0.1, -0.05) is 20.8 Å². The Balaban J connectivity index is 2.24. The number of halogens is 1. The van der Waals surface area contributed by atoms with E-state index in [1.807, 2.05) is 37.3 Å². The third-order valence-electron chi connectivity index (χ3n) is 3.13. The first-order chi connectivity index (χ1) is 7.80. The molecule has 2 heterocycles. The van der Waals surface area contributed by atoms with Gasteiger partial charge in [-0.15, -0.1) is 0 Å². The van der Waals surface area contributed by atoms with Crippen LogP contribution in [0.5, 0.6) is 0 Å². The summed E-state index contributed by atoms with van der Waals surface area (Å²) >= 11 is 3.42. The number of nitrogens with zero attached hydrogens (tertiary/aromatic N) is 3. The summed E-state index contributed by atoms with van der Waals surface area (Å²) in [6.07, 6.45) is 0.844. The minimum Gasteiger partial charge on any atom is -0.336 e. The number of rotatable bonds is 0. The summed E-state index contributed by atoms with van der Waals surface area (Å²) in [4.78, 5) is 18.6. The summed E-state index contributed by atoms with van der Waals surface area (Å²) < 4.78 is 2.85. The standard InChI is InChI=1S/C12H18BrN3O/c1-12(2,3)10(17)16-6-5-8-9(7-16)15(4)11(13)14-8/h5-7H2,1-4H3. The van der Waals surface area contributed by atoms with Gasteiger partial charge in [-0.2, -0.15) is 0 Å². The van der Waals surface area contributed by atoms with Crippen molar-refractivity contribution in [2.24, 2.45) is 12.5 Å². The highest BCUT2D eigenvalue weighted by molar-refractivity contribution is 9.10. The van der Waals surface area contributed by atoms with Gasteiger partial charge in [0.2, 0.25) is 5.91 Å². The summed E-state index contributed by atoms with van der Waals surface area (Å²) in [6, 6.07) is 0. The van der Waals surface area contributed by atoms with Gasteiger partial charge in [-0.05, 0) is 15.9 Å². The van der Waals surface area contributed by atoms with E-state index in [0.29, 0.717) is 6.54 Å². The molecule has 17 heavy (non-hydrogen) atoms. The van der Waals surface area contributed by atoms with Crippen molar-refractivity contribution in [1.82, 2.24) is 14.5 Å². The van der Waals surface area contributed by atoms with Crippen molar-refractivity contribution in [1.29, 1.82) is 0 Å². The normalized spacial score (nSPS) is 15.9. The van der Waals surface area contributed by atoms with E-state index in [-0.39, 0.29) is 11.3 Å². The Morgan fingerprint density at radius 3 is 2.65 bits per heavy atom. The lowest BCUT2D eigenvalue weighted by molar-refractivity contribution is -0.140. The van der Waals surface area contributed by atoms with Gasteiger partial charge >= 0.3 is 0 Å². The molecule has 2 rings (SSSR count). The van der Waals surface area contributed by atoms with Crippen LogP contribution in [0.3, 0.4) is 0 Å². The van der Waals surface area contributed by atoms with Crippen LogP contribution in [0.15, 0.2) is 4.73 Å². The lowest BCUT2D eigenvalue weighted by Crippen LogP contribution is -2.42. The van der Waals surface area contributed by atoms with Gasteiger partial charge in [-0.3, -0.25) is 4.79 Å². The Kier molecular flexibility index (Phi) is 3.06. The molecule has 1 amide bonds. The van der Waals surface area contributed by atoms with Gasteiger partial charge < -0.3 is 9.47 Å². The molecule has 1 aromatic heterocycles. The molecule has 0 fully saturated rings. The number of aromatic nitrogens is 2. The van der Waals surface area contributed by atoms with Gasteiger partial charge in [0.05, 0.1) is 17.9 Å². The number of amides is 1. The predicted octanol–water partition coefficient (Wildman–Crippen LogP) is 2.11. The van der Waals surface area contributed by atoms with Gasteiger partial charge in [0.15, 0.2) is 4.73 Å². The topological polar surface area (TPSA) is 38.1 Å². The fourth-order valence-corrected chi connectivity index (χ4v) is 2.53. The Morgan fingerprint density at radius 2 is 2.06 bits per heavy atom. The largest absolute Gasteiger partial charge is 0.336 e. The van der Waals surface area contributed by atoms with Crippen LogP contribution in [0.2, 0.25) is 0 Å². The number of imidazole rings is 1. The summed E-state index contributed by atoms with van der Waals surface area (Å²) in [5, 5.41) is 0. The average Bonchev–Trinajstić information content (AvgIpc) is 2.52. The Morgan fingerprint density at radius 1 is 1.41 bits per heavy atom. The molecule has 0 spiro atoms. The maximum atomic E-state index is 12.2. The molecule has 0 unspecified atom stereocenters. The fraction of sp³-hybridized carbons (Fsp3) is 0.667. The van der Waals surface area contributed by atoms with E-state index in [9.17, 15) is 4.79 Å². The minimum atomic E-state index is -0.312. The van der Waals surface area contributed by atoms with E-state index in [0.717, 1.165) is 29.1 Å². The Bertz CT molecular complexity index is 459. The summed E-state index contributed by atoms with van der Waals surface area (Å²) in [7, 11) is 1.97. The van der Waals surface area contributed by atoms with E-state index in [4.69, 9.17) is 0 Å². The van der Waals surface area contributed by atoms with Crippen molar-refractivity contribution >= 4 is 21.8 Å². The highest BCUT2D eigenvalue weighted by Gasteiger charge is 2.31. The average molecular weight is 300 g/mol. The first kappa shape index (κ1) is 12.6. The number of carbonyl (C=O) groups is 1. The van der Waals surface area contributed by atoms with E-state index < -0.39 is 0 Å². The molecule has 0 aromatic carbocycles. The molecule has 0 N–H and O–H groups in total. The second-order valence-corrected chi connectivity index (χ2v) is 6.27. The molecule has 1 aliphatic heterocycles. The van der Waals surface area contributed by atoms with Crippen LogP contribution >= 0.6 is 15.9 Å². The van der Waals surface area contributed by atoms with Crippen LogP contribution in [0.4, 0.5) is 0 Å². The lowest BCUT2D eigenvalue weighted by atomic mass is 9.93. The second-order valence-electron chi connectivity index (χ2n) is 5.56. The van der Waals surface area contributed by atoms with Crippen LogP contribution in [0, 0.1) is 5.41 Å². The summed E-state index contributed by atoms with van der Waals surface area (Å²) in [5.74, 6) is 0.209. The summed E-state index contributed by atoms with van der Waals surface area (Å²) in [5.41, 5.74) is 1.94. The highest BCUT2D eigenvalue weighted by atomic mass is 79.9. The van der Waals surface area contributed by atoms with Gasteiger partial charge in [-0.25, -0.2) is 4.98 Å². The quantitative estimate of drug-likeness (QED) is 0.736. The van der Waals surface area contributed by atoms with Crippen molar-refractivity contribution < 1.29 is 4.79 Å². The van der Waals surface area contributed by atoms with Gasteiger partial charge in [0.1, 0.15) is 0 Å². The SMILES string of the molecule is Cn1c(Br)nc2c1CN(C(=O)C(C)(C)C)CC2. The van der Waals surface area contributed by atoms with E-state index in [1.54, 1.807) is 0 Å². The molecule has 1 aromatic rings. The van der Waals surface area contributed by atoms with Gasteiger partial charge in [0.25, 0.3) is 0 Å². The molecule has 94 valence electrons. The molecule has 0 saturated heterocycles. The third kappa shape index (κ3) is 2.25.